The van der Waals surface area contributed by atoms with E-state index in [1.54, 1.807) is 0 Å². The highest BCUT2D eigenvalue weighted by Gasteiger charge is 2.20. The minimum atomic E-state index is -1.44. The lowest BCUT2D eigenvalue weighted by Crippen LogP contribution is -2.30. The molecule has 2 N–H and O–H groups in total. The van der Waals surface area contributed by atoms with E-state index < -0.39 is 7.12 Å². The monoisotopic (exact) mass is 1690 g/mol. The van der Waals surface area contributed by atoms with Gasteiger partial charge in [-0.05, 0) is 346 Å². The molecular formula is C118H77BBr2O2. The van der Waals surface area contributed by atoms with E-state index in [2.05, 4.69) is 432 Å². The van der Waals surface area contributed by atoms with Gasteiger partial charge in [-0.25, -0.2) is 0 Å². The Balaban J connectivity index is 0.000000137. The fourth-order valence-corrected chi connectivity index (χ4v) is 19.2. The van der Waals surface area contributed by atoms with E-state index >= 15 is 0 Å². The molecule has 578 valence electrons. The van der Waals surface area contributed by atoms with Gasteiger partial charge in [-0.2, -0.15) is 0 Å². The molecule has 5 heteroatoms. The van der Waals surface area contributed by atoms with Crippen LogP contribution in [0.4, 0.5) is 0 Å². The predicted octanol–water partition coefficient (Wildman–Crippen LogP) is 32.5. The largest absolute Gasteiger partial charge is 0.489 e. The SMILES string of the molecule is Brc1cc(-c2cccc(-c3cc(Br)cc(-c4ccc5ccccc5c4)c3)c2)cc(-c2ccc3ccccc3c2)c1.OB(O)c1cc2ccccc2c2ccccc12.c1cc(-c2cc(-c3ccc4ccccc4c3)cc(-c3cc4ccccc4c4ccccc34)c2)cc(-c2cc(-c3ccc4ccccc4c3)cc(-c3cc4ccccc4c4ccccc34)c2)c1. The van der Waals surface area contributed by atoms with Gasteiger partial charge in [0.25, 0.3) is 0 Å². The van der Waals surface area contributed by atoms with Crippen LogP contribution in [0.1, 0.15) is 0 Å². The Morgan fingerprint density at radius 3 is 0.650 bits per heavy atom. The molecule has 0 radical (unpaired) electrons. The van der Waals surface area contributed by atoms with Crippen LogP contribution < -0.4 is 5.46 Å². The van der Waals surface area contributed by atoms with Crippen LogP contribution in [0.2, 0.25) is 0 Å². The summed E-state index contributed by atoms with van der Waals surface area (Å²) in [6, 6.07) is 165. The van der Waals surface area contributed by atoms with E-state index in [9.17, 15) is 10.0 Å². The molecule has 123 heavy (non-hydrogen) atoms. The number of rotatable bonds is 11. The number of hydrogen-bond donors (Lipinski definition) is 2. The van der Waals surface area contributed by atoms with Crippen molar-refractivity contribution in [3.63, 3.8) is 0 Å². The van der Waals surface area contributed by atoms with Crippen LogP contribution in [-0.2, 0) is 0 Å². The van der Waals surface area contributed by atoms with Crippen LogP contribution in [0.25, 0.3) is 219 Å². The Kier molecular flexibility index (Phi) is 20.4. The zero-order valence-corrected chi connectivity index (χ0v) is 70.2. The minimum Gasteiger partial charge on any atom is -0.423 e. The van der Waals surface area contributed by atoms with E-state index in [4.69, 9.17) is 0 Å². The van der Waals surface area contributed by atoms with Crippen molar-refractivity contribution in [2.24, 2.45) is 0 Å². The molecule has 0 atom stereocenters. The molecular weight excluding hydrogens is 1620 g/mol. The molecule has 0 aliphatic heterocycles. The molecule has 0 heterocycles. The average Bonchev–Trinajstić information content (AvgIpc) is 0.755. The molecule has 0 saturated carbocycles. The van der Waals surface area contributed by atoms with Crippen LogP contribution in [0.5, 0.6) is 0 Å². The smallest absolute Gasteiger partial charge is 0.423 e. The molecule has 0 unspecified atom stereocenters. The highest BCUT2D eigenvalue weighted by Crippen LogP contribution is 2.45. The van der Waals surface area contributed by atoms with Gasteiger partial charge in [0, 0.05) is 8.95 Å². The maximum Gasteiger partial charge on any atom is 0.489 e. The van der Waals surface area contributed by atoms with E-state index in [1.807, 2.05) is 54.6 Å². The Bertz CT molecular complexity index is 7700. The molecule has 0 aromatic heterocycles. The lowest BCUT2D eigenvalue weighted by atomic mass is 9.76. The first-order valence-corrected chi connectivity index (χ1v) is 43.3. The third-order valence-electron chi connectivity index (χ3n) is 24.3. The minimum absolute atomic E-state index is 0.555. The van der Waals surface area contributed by atoms with Gasteiger partial charge in [-0.1, -0.05) is 366 Å². The van der Waals surface area contributed by atoms with Crippen molar-refractivity contribution >= 4 is 152 Å². The maximum absolute atomic E-state index is 9.44. The number of hydrogen-bond acceptors (Lipinski definition) is 2. The van der Waals surface area contributed by atoms with Gasteiger partial charge in [0.1, 0.15) is 0 Å². The molecule has 23 rings (SSSR count). The Labute approximate surface area is 731 Å². The Morgan fingerprint density at radius 2 is 0.350 bits per heavy atom. The van der Waals surface area contributed by atoms with Gasteiger partial charge in [-0.3, -0.25) is 0 Å². The molecule has 0 fully saturated rings. The Morgan fingerprint density at radius 1 is 0.138 bits per heavy atom. The van der Waals surface area contributed by atoms with Gasteiger partial charge in [0.15, 0.2) is 0 Å². The normalized spacial score (nSPS) is 11.4. The third-order valence-corrected chi connectivity index (χ3v) is 25.2. The molecule has 0 bridgehead atoms. The first-order valence-electron chi connectivity index (χ1n) is 41.7. The summed E-state index contributed by atoms with van der Waals surface area (Å²) in [5.74, 6) is 0. The zero-order chi connectivity index (χ0) is 82.4. The quantitative estimate of drug-likeness (QED) is 0.100. The van der Waals surface area contributed by atoms with Gasteiger partial charge >= 0.3 is 7.12 Å². The van der Waals surface area contributed by atoms with Crippen molar-refractivity contribution in [2.45, 2.75) is 0 Å². The highest BCUT2D eigenvalue weighted by molar-refractivity contribution is 9.10. The summed E-state index contributed by atoms with van der Waals surface area (Å²) in [6.07, 6.45) is 0. The summed E-state index contributed by atoms with van der Waals surface area (Å²) < 4.78 is 2.14. The molecule has 0 aliphatic carbocycles. The second-order valence-electron chi connectivity index (χ2n) is 32.0. The standard InChI is InChI=1S/C66H42.C38H24Br2.C14H11BO2/c1-3-16-45-32-49(30-28-43(45)14-1)55-35-53(37-57(39-55)65-41-51-18-5-7-22-59(51)61-24-9-11-26-63(61)65)47-20-13-21-48(34-47)54-36-56(50-31-29-44-15-2-4-17-46(44)33-50)40-58(38-54)66-42-52-19-6-8-23-60(52)62-25-10-12-27-64(62)66;39-37-21-33(19-35(23-37)31-14-12-25-6-1-3-8-27(25)16-31)29-10-5-11-30(18-29)34-20-36(24-38(40)22-34)32-15-13-26-7-2-4-9-28(26)17-32;16-15(17)14-9-10-5-1-2-6-11(10)12-7-3-4-8-13(12)14/h1-42H;1-24H;1-9,16-17H. The lowest BCUT2D eigenvalue weighted by Gasteiger charge is -2.17. The summed E-state index contributed by atoms with van der Waals surface area (Å²) in [4.78, 5) is 0. The molecule has 0 spiro atoms. The van der Waals surface area contributed by atoms with E-state index in [-0.39, 0.29) is 0 Å². The number of benzene rings is 23. The first kappa shape index (κ1) is 76.0. The summed E-state index contributed by atoms with van der Waals surface area (Å²) in [5.41, 5.74) is 24.5. The second-order valence-corrected chi connectivity index (χ2v) is 33.8. The van der Waals surface area contributed by atoms with E-state index in [0.29, 0.717) is 5.46 Å². The first-order chi connectivity index (χ1) is 60.5. The van der Waals surface area contributed by atoms with Crippen LogP contribution in [0, 0.1) is 0 Å². The third kappa shape index (κ3) is 15.4. The van der Waals surface area contributed by atoms with E-state index in [0.717, 1.165) is 30.5 Å². The summed E-state index contributed by atoms with van der Waals surface area (Å²) in [6.45, 7) is 0. The fraction of sp³-hybridized carbons (Fsp3) is 0. The van der Waals surface area contributed by atoms with Crippen LogP contribution in [0.3, 0.4) is 0 Å². The molecule has 2 nitrogen and oxygen atoms in total. The summed E-state index contributed by atoms with van der Waals surface area (Å²) in [5, 5.41) is 43.0. The molecule has 0 aliphatic rings. The van der Waals surface area contributed by atoms with Gasteiger partial charge in [-0.15, -0.1) is 0 Å². The second kappa shape index (κ2) is 33.0. The van der Waals surface area contributed by atoms with Gasteiger partial charge in [0.05, 0.1) is 0 Å². The maximum atomic E-state index is 9.44. The van der Waals surface area contributed by atoms with Crippen molar-refractivity contribution in [3.8, 4) is 111 Å². The lowest BCUT2D eigenvalue weighted by molar-refractivity contribution is 0.426. The van der Waals surface area contributed by atoms with Crippen LogP contribution in [0.15, 0.2) is 464 Å². The topological polar surface area (TPSA) is 40.5 Å². The van der Waals surface area contributed by atoms with Crippen LogP contribution in [-0.4, -0.2) is 17.2 Å². The van der Waals surface area contributed by atoms with Crippen molar-refractivity contribution in [2.75, 3.05) is 0 Å². The van der Waals surface area contributed by atoms with Crippen LogP contribution >= 0.6 is 31.9 Å². The average molecular weight is 1700 g/mol. The zero-order valence-electron chi connectivity index (χ0n) is 67.0. The van der Waals surface area contributed by atoms with Crippen molar-refractivity contribution < 1.29 is 10.0 Å². The number of fused-ring (bicyclic) bond motifs is 13. The van der Waals surface area contributed by atoms with E-state index in [1.165, 1.54) is 197 Å². The van der Waals surface area contributed by atoms with Crippen molar-refractivity contribution in [1.29, 1.82) is 0 Å². The van der Waals surface area contributed by atoms with Gasteiger partial charge < -0.3 is 10.0 Å². The number of halogens is 2. The predicted molar refractivity (Wildman–Crippen MR) is 534 cm³/mol. The molecule has 0 amide bonds. The van der Waals surface area contributed by atoms with Gasteiger partial charge in [0.2, 0.25) is 0 Å². The summed E-state index contributed by atoms with van der Waals surface area (Å²) in [7, 11) is -1.44. The Hall–Kier alpha value is -14.4. The molecule has 23 aromatic carbocycles. The van der Waals surface area contributed by atoms with Crippen molar-refractivity contribution in [1.82, 2.24) is 0 Å². The molecule has 23 aromatic rings. The highest BCUT2D eigenvalue weighted by atomic mass is 79.9. The summed E-state index contributed by atoms with van der Waals surface area (Å²) >= 11 is 7.55. The molecule has 0 saturated heterocycles. The fourth-order valence-electron chi connectivity index (χ4n) is 18.2. The van der Waals surface area contributed by atoms with Crippen molar-refractivity contribution in [3.05, 3.63) is 464 Å².